The van der Waals surface area contributed by atoms with E-state index >= 15 is 0 Å². The van der Waals surface area contributed by atoms with E-state index in [0.29, 0.717) is 12.8 Å². The van der Waals surface area contributed by atoms with Gasteiger partial charge in [0.15, 0.2) is 0 Å². The summed E-state index contributed by atoms with van der Waals surface area (Å²) < 4.78 is 0. The Morgan fingerprint density at radius 3 is 2.33 bits per heavy atom. The van der Waals surface area contributed by atoms with Gasteiger partial charge in [0.1, 0.15) is 6.04 Å². The van der Waals surface area contributed by atoms with E-state index < -0.39 is 12.0 Å². The summed E-state index contributed by atoms with van der Waals surface area (Å²) in [5, 5.41) is 11.4. The summed E-state index contributed by atoms with van der Waals surface area (Å²) in [6.07, 6.45) is 4.68. The van der Waals surface area contributed by atoms with Crippen molar-refractivity contribution in [1.29, 1.82) is 0 Å². The summed E-state index contributed by atoms with van der Waals surface area (Å²) in [6, 6.07) is -0.744. The van der Waals surface area contributed by atoms with E-state index in [-0.39, 0.29) is 5.91 Å². The first-order chi connectivity index (χ1) is 7.11. The molecule has 0 aliphatic carbocycles. The molecule has 0 radical (unpaired) electrons. The first-order valence-electron chi connectivity index (χ1n) is 4.61. The lowest BCUT2D eigenvalue weighted by molar-refractivity contribution is -0.141. The second kappa shape index (κ2) is 8.91. The van der Waals surface area contributed by atoms with Gasteiger partial charge in [-0.2, -0.15) is 23.5 Å². The van der Waals surface area contributed by atoms with Crippen LogP contribution in [-0.2, 0) is 9.59 Å². The van der Waals surface area contributed by atoms with Crippen molar-refractivity contribution >= 4 is 35.4 Å². The van der Waals surface area contributed by atoms with Crippen molar-refractivity contribution in [1.82, 2.24) is 5.32 Å². The van der Waals surface area contributed by atoms with Crippen LogP contribution >= 0.6 is 23.5 Å². The number of aliphatic carboxylic acids is 1. The van der Waals surface area contributed by atoms with Gasteiger partial charge in [0.05, 0.1) is 0 Å². The molecule has 0 saturated heterocycles. The molecule has 0 aromatic rings. The standard InChI is InChI=1S/C9H17NO3S2/c1-14-5-3-7(9(12)13)10-8(11)4-6-15-2/h7H,3-6H2,1-2H3,(H,10,11)(H,12,13). The van der Waals surface area contributed by atoms with Crippen LogP contribution in [0.2, 0.25) is 0 Å². The first kappa shape index (κ1) is 14.6. The molecule has 1 amide bonds. The Morgan fingerprint density at radius 1 is 1.27 bits per heavy atom. The molecule has 0 fully saturated rings. The number of nitrogens with one attached hydrogen (secondary N) is 1. The Morgan fingerprint density at radius 2 is 1.87 bits per heavy atom. The second-order valence-corrected chi connectivity index (χ2v) is 4.95. The molecule has 0 aromatic heterocycles. The zero-order valence-electron chi connectivity index (χ0n) is 8.99. The number of carbonyl (C=O) groups excluding carboxylic acids is 1. The molecule has 0 spiro atoms. The topological polar surface area (TPSA) is 66.4 Å². The largest absolute Gasteiger partial charge is 0.480 e. The van der Waals surface area contributed by atoms with Crippen LogP contribution in [0.1, 0.15) is 12.8 Å². The van der Waals surface area contributed by atoms with Gasteiger partial charge in [-0.3, -0.25) is 4.79 Å². The SMILES string of the molecule is CSCCC(=O)NC(CCSC)C(=O)O. The van der Waals surface area contributed by atoms with Gasteiger partial charge >= 0.3 is 5.97 Å². The fourth-order valence-electron chi connectivity index (χ4n) is 0.954. The van der Waals surface area contributed by atoms with E-state index in [2.05, 4.69) is 5.32 Å². The molecule has 0 aromatic carbocycles. The van der Waals surface area contributed by atoms with E-state index in [0.717, 1.165) is 11.5 Å². The summed E-state index contributed by atoms with van der Waals surface area (Å²) in [4.78, 5) is 22.1. The normalized spacial score (nSPS) is 12.1. The minimum absolute atomic E-state index is 0.183. The summed E-state index contributed by atoms with van der Waals surface area (Å²) in [6.45, 7) is 0. The number of rotatable bonds is 8. The van der Waals surface area contributed by atoms with Gasteiger partial charge in [0.2, 0.25) is 5.91 Å². The van der Waals surface area contributed by atoms with Crippen LogP contribution in [0, 0.1) is 0 Å². The molecule has 6 heteroatoms. The Bertz CT molecular complexity index is 212. The molecule has 1 unspecified atom stereocenters. The summed E-state index contributed by atoms with van der Waals surface area (Å²) in [5.74, 6) is 0.319. The molecule has 4 nitrogen and oxygen atoms in total. The number of amides is 1. The third kappa shape index (κ3) is 7.56. The smallest absolute Gasteiger partial charge is 0.326 e. The number of thioether (sulfide) groups is 2. The third-order valence-corrected chi connectivity index (χ3v) is 3.03. The van der Waals surface area contributed by atoms with Gasteiger partial charge < -0.3 is 10.4 Å². The van der Waals surface area contributed by atoms with Crippen LogP contribution in [-0.4, -0.2) is 47.0 Å². The third-order valence-electron chi connectivity index (χ3n) is 1.78. The van der Waals surface area contributed by atoms with Gasteiger partial charge in [-0.05, 0) is 24.7 Å². The molecular formula is C9H17NO3S2. The summed E-state index contributed by atoms with van der Waals surface area (Å²) in [7, 11) is 0. The monoisotopic (exact) mass is 251 g/mol. The Kier molecular flexibility index (Phi) is 8.70. The molecule has 0 heterocycles. The number of carboxylic acids is 1. The van der Waals surface area contributed by atoms with Gasteiger partial charge in [0.25, 0.3) is 0 Å². The maximum Gasteiger partial charge on any atom is 0.326 e. The van der Waals surface area contributed by atoms with Crippen molar-refractivity contribution < 1.29 is 14.7 Å². The average molecular weight is 251 g/mol. The van der Waals surface area contributed by atoms with E-state index in [4.69, 9.17) is 5.11 Å². The predicted molar refractivity (Wildman–Crippen MR) is 65.6 cm³/mol. The van der Waals surface area contributed by atoms with Crippen LogP contribution < -0.4 is 5.32 Å². The quantitative estimate of drug-likeness (QED) is 0.675. The highest BCUT2D eigenvalue weighted by Gasteiger charge is 2.18. The van der Waals surface area contributed by atoms with Gasteiger partial charge in [-0.1, -0.05) is 0 Å². The molecule has 0 aliphatic rings. The molecule has 0 rings (SSSR count). The highest BCUT2D eigenvalue weighted by molar-refractivity contribution is 7.98. The highest BCUT2D eigenvalue weighted by atomic mass is 32.2. The minimum Gasteiger partial charge on any atom is -0.480 e. The molecule has 0 saturated carbocycles. The second-order valence-electron chi connectivity index (χ2n) is 2.98. The lowest BCUT2D eigenvalue weighted by Crippen LogP contribution is -2.41. The van der Waals surface area contributed by atoms with E-state index in [9.17, 15) is 9.59 Å². The number of carboxylic acid groups (broad SMARTS) is 1. The number of hydrogen-bond acceptors (Lipinski definition) is 4. The fourth-order valence-corrected chi connectivity index (χ4v) is 1.82. The Hall–Kier alpha value is -0.360. The maximum atomic E-state index is 11.3. The van der Waals surface area contributed by atoms with Crippen LogP contribution in [0.4, 0.5) is 0 Å². The molecular weight excluding hydrogens is 234 g/mol. The van der Waals surface area contributed by atoms with Crippen LogP contribution in [0.25, 0.3) is 0 Å². The molecule has 88 valence electrons. The zero-order valence-corrected chi connectivity index (χ0v) is 10.6. The van der Waals surface area contributed by atoms with Crippen molar-refractivity contribution in [2.45, 2.75) is 18.9 Å². The number of carbonyl (C=O) groups is 2. The van der Waals surface area contributed by atoms with Crippen LogP contribution in [0.15, 0.2) is 0 Å². The highest BCUT2D eigenvalue weighted by Crippen LogP contribution is 2.02. The molecule has 15 heavy (non-hydrogen) atoms. The van der Waals surface area contributed by atoms with Crippen LogP contribution in [0.3, 0.4) is 0 Å². The minimum atomic E-state index is -0.957. The zero-order chi connectivity index (χ0) is 11.7. The van der Waals surface area contributed by atoms with Crippen molar-refractivity contribution in [3.8, 4) is 0 Å². The van der Waals surface area contributed by atoms with Crippen molar-refractivity contribution in [3.63, 3.8) is 0 Å². The maximum absolute atomic E-state index is 11.3. The predicted octanol–water partition coefficient (Wildman–Crippen LogP) is 1.06. The molecule has 0 aliphatic heterocycles. The van der Waals surface area contributed by atoms with Crippen molar-refractivity contribution in [2.75, 3.05) is 24.0 Å². The first-order valence-corrected chi connectivity index (χ1v) is 7.40. The van der Waals surface area contributed by atoms with Crippen molar-refractivity contribution in [3.05, 3.63) is 0 Å². The van der Waals surface area contributed by atoms with E-state index in [1.807, 2.05) is 12.5 Å². The van der Waals surface area contributed by atoms with E-state index in [1.54, 1.807) is 23.5 Å². The lowest BCUT2D eigenvalue weighted by Gasteiger charge is -2.13. The van der Waals surface area contributed by atoms with Crippen molar-refractivity contribution in [2.24, 2.45) is 0 Å². The van der Waals surface area contributed by atoms with Gasteiger partial charge in [0, 0.05) is 12.2 Å². The van der Waals surface area contributed by atoms with Crippen LogP contribution in [0.5, 0.6) is 0 Å². The molecule has 2 N–H and O–H groups in total. The van der Waals surface area contributed by atoms with E-state index in [1.165, 1.54) is 0 Å². The number of hydrogen-bond donors (Lipinski definition) is 2. The molecule has 1 atom stereocenters. The Balaban J connectivity index is 3.93. The summed E-state index contributed by atoms with van der Waals surface area (Å²) in [5.41, 5.74) is 0. The van der Waals surface area contributed by atoms with Gasteiger partial charge in [-0.15, -0.1) is 0 Å². The average Bonchev–Trinajstić information content (AvgIpc) is 2.20. The molecule has 0 bridgehead atoms. The summed E-state index contributed by atoms with van der Waals surface area (Å²) >= 11 is 3.14. The Labute approximate surface area is 98.6 Å². The van der Waals surface area contributed by atoms with Gasteiger partial charge in [-0.25, -0.2) is 4.79 Å². The fraction of sp³-hybridized carbons (Fsp3) is 0.778. The lowest BCUT2D eigenvalue weighted by atomic mass is 10.2.